The van der Waals surface area contributed by atoms with Gasteiger partial charge in [-0.2, -0.15) is 0 Å². The number of rotatable bonds is 6. The Bertz CT molecular complexity index is 1110. The van der Waals surface area contributed by atoms with E-state index in [9.17, 15) is 14.4 Å². The van der Waals surface area contributed by atoms with Gasteiger partial charge in [-0.05, 0) is 55.8 Å². The number of carbonyl (C=O) groups is 3. The summed E-state index contributed by atoms with van der Waals surface area (Å²) in [4.78, 5) is 43.4. The summed E-state index contributed by atoms with van der Waals surface area (Å²) < 4.78 is 11.5. The maximum Gasteiger partial charge on any atom is 0.256 e. The summed E-state index contributed by atoms with van der Waals surface area (Å²) in [5.41, 5.74) is -0.0123. The van der Waals surface area contributed by atoms with E-state index >= 15 is 0 Å². The van der Waals surface area contributed by atoms with Crippen LogP contribution in [0.2, 0.25) is 5.02 Å². The van der Waals surface area contributed by atoms with Crippen LogP contribution in [0.4, 0.5) is 0 Å². The van der Waals surface area contributed by atoms with Crippen molar-refractivity contribution in [2.24, 2.45) is 0 Å². The van der Waals surface area contributed by atoms with Gasteiger partial charge in [-0.25, -0.2) is 0 Å². The van der Waals surface area contributed by atoms with Gasteiger partial charge in [0.15, 0.2) is 0 Å². The third-order valence-corrected chi connectivity index (χ3v) is 7.26. The second kappa shape index (κ2) is 10.9. The molecule has 0 bridgehead atoms. The molecule has 1 N–H and O–H groups in total. The first kappa shape index (κ1) is 26.0. The second-order valence-corrected chi connectivity index (χ2v) is 9.73. The molecule has 0 aliphatic carbocycles. The number of benzene rings is 2. The van der Waals surface area contributed by atoms with Crippen molar-refractivity contribution < 1.29 is 23.9 Å². The van der Waals surface area contributed by atoms with E-state index < -0.39 is 11.8 Å². The minimum Gasteiger partial charge on any atom is -0.497 e. The SMILES string of the molecule is CC[C@H](C)NC(=O)[C@H]1COC2(CCN(C(=O)c3cccc(Cl)c3)CC2)N1C(=O)c1ccc(OC)cc1. The van der Waals surface area contributed by atoms with Gasteiger partial charge in [0, 0.05) is 48.1 Å². The predicted octanol–water partition coefficient (Wildman–Crippen LogP) is 3.74. The molecule has 192 valence electrons. The topological polar surface area (TPSA) is 88.2 Å². The van der Waals surface area contributed by atoms with Crippen molar-refractivity contribution in [3.8, 4) is 5.75 Å². The first-order chi connectivity index (χ1) is 17.3. The van der Waals surface area contributed by atoms with Crippen LogP contribution >= 0.6 is 11.6 Å². The van der Waals surface area contributed by atoms with Crippen LogP contribution in [0.3, 0.4) is 0 Å². The molecule has 4 rings (SSSR count). The molecule has 2 heterocycles. The van der Waals surface area contributed by atoms with E-state index in [1.165, 1.54) is 0 Å². The molecule has 2 saturated heterocycles. The van der Waals surface area contributed by atoms with Crippen molar-refractivity contribution in [3.63, 3.8) is 0 Å². The molecule has 2 aliphatic rings. The van der Waals surface area contributed by atoms with Gasteiger partial charge in [-0.15, -0.1) is 0 Å². The van der Waals surface area contributed by atoms with E-state index in [0.29, 0.717) is 47.8 Å². The summed E-state index contributed by atoms with van der Waals surface area (Å²) in [6.45, 7) is 4.80. The van der Waals surface area contributed by atoms with Gasteiger partial charge in [0.1, 0.15) is 17.5 Å². The zero-order valence-electron chi connectivity index (χ0n) is 20.8. The zero-order chi connectivity index (χ0) is 25.9. The number of hydrogen-bond acceptors (Lipinski definition) is 5. The molecule has 3 amide bonds. The number of hydrogen-bond donors (Lipinski definition) is 1. The molecular formula is C27H32ClN3O5. The Hall–Kier alpha value is -3.10. The highest BCUT2D eigenvalue weighted by Gasteiger charge is 2.54. The number of piperidine rings is 1. The Morgan fingerprint density at radius 1 is 1.11 bits per heavy atom. The lowest BCUT2D eigenvalue weighted by Gasteiger charge is -2.44. The highest BCUT2D eigenvalue weighted by molar-refractivity contribution is 6.30. The molecular weight excluding hydrogens is 482 g/mol. The van der Waals surface area contributed by atoms with Gasteiger partial charge in [0.25, 0.3) is 11.8 Å². The van der Waals surface area contributed by atoms with Gasteiger partial charge in [0.2, 0.25) is 5.91 Å². The number of likely N-dealkylation sites (tertiary alicyclic amines) is 1. The average molecular weight is 514 g/mol. The first-order valence-electron chi connectivity index (χ1n) is 12.2. The molecule has 0 saturated carbocycles. The van der Waals surface area contributed by atoms with Crippen LogP contribution in [-0.2, 0) is 9.53 Å². The molecule has 2 aromatic carbocycles. The lowest BCUT2D eigenvalue weighted by Crippen LogP contribution is -2.60. The zero-order valence-corrected chi connectivity index (χ0v) is 21.6. The highest BCUT2D eigenvalue weighted by Crippen LogP contribution is 2.39. The van der Waals surface area contributed by atoms with Crippen LogP contribution in [0.15, 0.2) is 48.5 Å². The molecule has 0 aromatic heterocycles. The molecule has 2 atom stereocenters. The third-order valence-electron chi connectivity index (χ3n) is 7.02. The fourth-order valence-corrected chi connectivity index (χ4v) is 4.93. The number of nitrogens with one attached hydrogen (secondary N) is 1. The van der Waals surface area contributed by atoms with Crippen molar-refractivity contribution in [2.45, 2.75) is 50.9 Å². The van der Waals surface area contributed by atoms with Crippen molar-refractivity contribution >= 4 is 29.3 Å². The average Bonchev–Trinajstić information content (AvgIpc) is 3.26. The summed E-state index contributed by atoms with van der Waals surface area (Å²) in [5, 5.41) is 3.49. The van der Waals surface area contributed by atoms with Crippen LogP contribution in [0.5, 0.6) is 5.75 Å². The maximum atomic E-state index is 13.8. The molecule has 1 spiro atoms. The van der Waals surface area contributed by atoms with Gasteiger partial charge in [-0.1, -0.05) is 24.6 Å². The third kappa shape index (κ3) is 5.20. The second-order valence-electron chi connectivity index (χ2n) is 9.30. The van der Waals surface area contributed by atoms with E-state index in [0.717, 1.165) is 6.42 Å². The number of carbonyl (C=O) groups excluding carboxylic acids is 3. The van der Waals surface area contributed by atoms with Crippen molar-refractivity contribution in [1.29, 1.82) is 0 Å². The Morgan fingerprint density at radius 2 is 1.81 bits per heavy atom. The van der Waals surface area contributed by atoms with Crippen LogP contribution < -0.4 is 10.1 Å². The molecule has 36 heavy (non-hydrogen) atoms. The quantitative estimate of drug-likeness (QED) is 0.635. The molecule has 2 fully saturated rings. The minimum atomic E-state index is -0.973. The standard InChI is InChI=1S/C27H32ClN3O5/c1-4-18(2)29-24(32)23-17-36-27(31(23)26(34)19-8-10-22(35-3)11-9-19)12-14-30(15-13-27)25(33)20-6-5-7-21(28)16-20/h5-11,16,18,23H,4,12-15,17H2,1-3H3,(H,29,32)/t18-,23+/m0/s1. The fraction of sp³-hybridized carbons (Fsp3) is 0.444. The lowest BCUT2D eigenvalue weighted by molar-refractivity contribution is -0.128. The Balaban J connectivity index is 1.58. The van der Waals surface area contributed by atoms with Crippen LogP contribution in [0.1, 0.15) is 53.8 Å². The number of halogens is 1. The van der Waals surface area contributed by atoms with Gasteiger partial charge in [0.05, 0.1) is 13.7 Å². The normalized spacial score (nSPS) is 19.7. The molecule has 0 unspecified atom stereocenters. The number of methoxy groups -OCH3 is 1. The largest absolute Gasteiger partial charge is 0.497 e. The van der Waals surface area contributed by atoms with Crippen molar-refractivity contribution in [3.05, 3.63) is 64.7 Å². The fourth-order valence-electron chi connectivity index (χ4n) is 4.74. The van der Waals surface area contributed by atoms with Crippen LogP contribution in [0, 0.1) is 0 Å². The Kier molecular flexibility index (Phi) is 7.85. The summed E-state index contributed by atoms with van der Waals surface area (Å²) in [7, 11) is 1.56. The summed E-state index contributed by atoms with van der Waals surface area (Å²) >= 11 is 6.07. The van der Waals surface area contributed by atoms with Crippen molar-refractivity contribution in [1.82, 2.24) is 15.1 Å². The number of amides is 3. The van der Waals surface area contributed by atoms with Gasteiger partial charge >= 0.3 is 0 Å². The summed E-state index contributed by atoms with van der Waals surface area (Å²) in [6, 6.07) is 12.9. The smallest absolute Gasteiger partial charge is 0.256 e. The monoisotopic (exact) mass is 513 g/mol. The van der Waals surface area contributed by atoms with E-state index in [1.807, 2.05) is 13.8 Å². The summed E-state index contributed by atoms with van der Waals surface area (Å²) in [6.07, 6.45) is 1.57. The molecule has 8 nitrogen and oxygen atoms in total. The molecule has 2 aromatic rings. The Morgan fingerprint density at radius 3 is 2.42 bits per heavy atom. The first-order valence-corrected chi connectivity index (χ1v) is 12.6. The molecule has 0 radical (unpaired) electrons. The van der Waals surface area contributed by atoms with Crippen LogP contribution in [0.25, 0.3) is 0 Å². The minimum absolute atomic E-state index is 0.0239. The summed E-state index contributed by atoms with van der Waals surface area (Å²) in [5.74, 6) is -0.00290. The lowest BCUT2D eigenvalue weighted by atomic mass is 9.96. The van der Waals surface area contributed by atoms with Gasteiger partial charge in [-0.3, -0.25) is 19.3 Å². The van der Waals surface area contributed by atoms with E-state index in [2.05, 4.69) is 5.32 Å². The highest BCUT2D eigenvalue weighted by atomic mass is 35.5. The van der Waals surface area contributed by atoms with Crippen molar-refractivity contribution in [2.75, 3.05) is 26.8 Å². The maximum absolute atomic E-state index is 13.8. The van der Waals surface area contributed by atoms with E-state index in [4.69, 9.17) is 21.1 Å². The van der Waals surface area contributed by atoms with E-state index in [-0.39, 0.29) is 30.4 Å². The Labute approximate surface area is 216 Å². The van der Waals surface area contributed by atoms with E-state index in [1.54, 1.807) is 65.4 Å². The number of nitrogens with zero attached hydrogens (tertiary/aromatic N) is 2. The molecule has 9 heteroatoms. The van der Waals surface area contributed by atoms with Crippen LogP contribution in [-0.4, -0.2) is 72.1 Å². The van der Waals surface area contributed by atoms with Gasteiger partial charge < -0.3 is 19.7 Å². The molecule has 2 aliphatic heterocycles. The number of ether oxygens (including phenoxy) is 2. The predicted molar refractivity (Wildman–Crippen MR) is 136 cm³/mol.